The normalized spacial score (nSPS) is 12.4. The quantitative estimate of drug-likeness (QED) is 0.372. The van der Waals surface area contributed by atoms with Gasteiger partial charge in [0, 0.05) is 13.0 Å². The van der Waals surface area contributed by atoms with Crippen LogP contribution in [0.1, 0.15) is 96.8 Å². The van der Waals surface area contributed by atoms with Gasteiger partial charge in [-0.25, -0.2) is 13.1 Å². The van der Waals surface area contributed by atoms with Gasteiger partial charge in [-0.15, -0.1) is 0 Å². The Bertz CT molecular complexity index is 492. The van der Waals surface area contributed by atoms with Crippen molar-refractivity contribution in [2.45, 2.75) is 102 Å². The first-order chi connectivity index (χ1) is 12.1. The third kappa shape index (κ3) is 13.8. The maximum atomic E-state index is 12.2. The lowest BCUT2D eigenvalue weighted by molar-refractivity contribution is 0.547. The molecule has 5 nitrogen and oxygen atoms in total. The lowest BCUT2D eigenvalue weighted by Crippen LogP contribution is -2.34. The maximum absolute atomic E-state index is 12.2. The second kappa shape index (κ2) is 16.4. The van der Waals surface area contributed by atoms with Crippen LogP contribution in [0.25, 0.3) is 0 Å². The zero-order valence-electron chi connectivity index (χ0n) is 15.8. The van der Waals surface area contributed by atoms with Crippen LogP contribution >= 0.6 is 0 Å². The standard InChI is InChI=1S/C19H35N3O2S/c1-2-3-4-9-12-15-19(18-21)25(23,24)22-17-14-11-8-6-5-7-10-13-16-20/h19,22H,2-15,17H2,1H3. The number of rotatable bonds is 17. The minimum atomic E-state index is -3.51. The molecule has 0 aliphatic heterocycles. The van der Waals surface area contributed by atoms with Gasteiger partial charge >= 0.3 is 0 Å². The van der Waals surface area contributed by atoms with Crippen molar-refractivity contribution in [3.8, 4) is 12.1 Å². The van der Waals surface area contributed by atoms with Crippen molar-refractivity contribution in [2.24, 2.45) is 0 Å². The van der Waals surface area contributed by atoms with E-state index in [-0.39, 0.29) is 0 Å². The van der Waals surface area contributed by atoms with E-state index in [4.69, 9.17) is 10.5 Å². The Hall–Kier alpha value is -1.11. The first-order valence-corrected chi connectivity index (χ1v) is 11.4. The summed E-state index contributed by atoms with van der Waals surface area (Å²) in [6.07, 6.45) is 13.5. The molecule has 0 aromatic heterocycles. The van der Waals surface area contributed by atoms with Crippen molar-refractivity contribution in [1.82, 2.24) is 4.72 Å². The zero-order chi connectivity index (χ0) is 18.8. The molecule has 0 aliphatic carbocycles. The molecule has 6 heteroatoms. The van der Waals surface area contributed by atoms with Crippen molar-refractivity contribution in [3.63, 3.8) is 0 Å². The summed E-state index contributed by atoms with van der Waals surface area (Å²) in [6, 6.07) is 4.09. The van der Waals surface area contributed by atoms with E-state index in [1.807, 2.05) is 6.07 Å². The number of nitrogens with zero attached hydrogens (tertiary/aromatic N) is 2. The lowest BCUT2D eigenvalue weighted by atomic mass is 10.1. The first kappa shape index (κ1) is 23.9. The molecule has 0 fully saturated rings. The third-order valence-corrected chi connectivity index (χ3v) is 6.05. The van der Waals surface area contributed by atoms with Crippen LogP contribution in [0.5, 0.6) is 0 Å². The third-order valence-electron chi connectivity index (χ3n) is 4.36. The second-order valence-corrected chi connectivity index (χ2v) is 8.59. The molecule has 0 amide bonds. The number of hydrogen-bond donors (Lipinski definition) is 1. The molecule has 1 unspecified atom stereocenters. The maximum Gasteiger partial charge on any atom is 0.227 e. The smallest absolute Gasteiger partial charge is 0.214 e. The van der Waals surface area contributed by atoms with Crippen LogP contribution in [0.15, 0.2) is 0 Å². The predicted molar refractivity (Wildman–Crippen MR) is 102 cm³/mol. The predicted octanol–water partition coefficient (Wildman–Crippen LogP) is 4.80. The van der Waals surface area contributed by atoms with Gasteiger partial charge in [-0.2, -0.15) is 10.5 Å². The molecular weight excluding hydrogens is 334 g/mol. The molecule has 0 saturated carbocycles. The SMILES string of the molecule is CCCCCCCC(C#N)S(=O)(=O)NCCCCCCCCCC#N. The number of nitriles is 2. The average Bonchev–Trinajstić information content (AvgIpc) is 2.59. The van der Waals surface area contributed by atoms with E-state index >= 15 is 0 Å². The Balaban J connectivity index is 3.76. The molecule has 0 radical (unpaired) electrons. The van der Waals surface area contributed by atoms with Gasteiger partial charge in [0.2, 0.25) is 10.0 Å². The topological polar surface area (TPSA) is 93.8 Å². The fourth-order valence-electron chi connectivity index (χ4n) is 2.75. The van der Waals surface area contributed by atoms with Crippen molar-refractivity contribution < 1.29 is 8.42 Å². The summed E-state index contributed by atoms with van der Waals surface area (Å²) in [5.41, 5.74) is 0. The molecule has 0 aromatic carbocycles. The van der Waals surface area contributed by atoms with Crippen LogP contribution in [0.2, 0.25) is 0 Å². The van der Waals surface area contributed by atoms with Crippen molar-refractivity contribution >= 4 is 10.0 Å². The van der Waals surface area contributed by atoms with E-state index < -0.39 is 15.3 Å². The Morgan fingerprint density at radius 1 is 0.840 bits per heavy atom. The Morgan fingerprint density at radius 2 is 1.40 bits per heavy atom. The molecule has 144 valence electrons. The fourth-order valence-corrected chi connectivity index (χ4v) is 4.00. The zero-order valence-corrected chi connectivity index (χ0v) is 16.6. The Morgan fingerprint density at radius 3 is 2.00 bits per heavy atom. The van der Waals surface area contributed by atoms with Gasteiger partial charge in [0.15, 0.2) is 5.25 Å². The van der Waals surface area contributed by atoms with Gasteiger partial charge in [-0.3, -0.25) is 0 Å². The summed E-state index contributed by atoms with van der Waals surface area (Å²) in [4.78, 5) is 0. The lowest BCUT2D eigenvalue weighted by Gasteiger charge is -2.12. The van der Waals surface area contributed by atoms with Crippen molar-refractivity contribution in [1.29, 1.82) is 10.5 Å². The van der Waals surface area contributed by atoms with Crippen LogP contribution in [0, 0.1) is 22.7 Å². The minimum Gasteiger partial charge on any atom is -0.214 e. The Kier molecular flexibility index (Phi) is 15.6. The van der Waals surface area contributed by atoms with E-state index in [1.54, 1.807) is 0 Å². The van der Waals surface area contributed by atoms with Crippen LogP contribution < -0.4 is 4.72 Å². The van der Waals surface area contributed by atoms with Crippen LogP contribution in [-0.4, -0.2) is 20.2 Å². The van der Waals surface area contributed by atoms with E-state index in [9.17, 15) is 8.42 Å². The van der Waals surface area contributed by atoms with Gasteiger partial charge in [-0.05, 0) is 19.3 Å². The minimum absolute atomic E-state index is 0.421. The molecule has 0 aliphatic rings. The van der Waals surface area contributed by atoms with E-state index in [0.717, 1.165) is 70.6 Å². The first-order valence-electron chi connectivity index (χ1n) is 9.83. The summed E-state index contributed by atoms with van der Waals surface area (Å²) in [7, 11) is -3.51. The monoisotopic (exact) mass is 369 g/mol. The summed E-state index contributed by atoms with van der Waals surface area (Å²) in [6.45, 7) is 2.56. The molecular formula is C19H35N3O2S. The van der Waals surface area contributed by atoms with Gasteiger partial charge in [-0.1, -0.05) is 71.1 Å². The van der Waals surface area contributed by atoms with Gasteiger partial charge in [0.1, 0.15) is 0 Å². The molecule has 25 heavy (non-hydrogen) atoms. The van der Waals surface area contributed by atoms with Gasteiger partial charge < -0.3 is 0 Å². The largest absolute Gasteiger partial charge is 0.227 e. The summed E-state index contributed by atoms with van der Waals surface area (Å²) >= 11 is 0. The number of sulfonamides is 1. The summed E-state index contributed by atoms with van der Waals surface area (Å²) in [5.74, 6) is 0. The summed E-state index contributed by atoms with van der Waals surface area (Å²) < 4.78 is 26.9. The van der Waals surface area contributed by atoms with Crippen molar-refractivity contribution in [3.05, 3.63) is 0 Å². The second-order valence-electron chi connectivity index (χ2n) is 6.64. The number of nitrogens with one attached hydrogen (secondary N) is 1. The highest BCUT2D eigenvalue weighted by atomic mass is 32.2. The molecule has 0 saturated heterocycles. The molecule has 0 aromatic rings. The van der Waals surface area contributed by atoms with Crippen LogP contribution in [0.3, 0.4) is 0 Å². The van der Waals surface area contributed by atoms with E-state index in [1.165, 1.54) is 6.42 Å². The highest BCUT2D eigenvalue weighted by molar-refractivity contribution is 7.90. The van der Waals surface area contributed by atoms with E-state index in [0.29, 0.717) is 19.4 Å². The fraction of sp³-hybridized carbons (Fsp3) is 0.895. The highest BCUT2D eigenvalue weighted by Gasteiger charge is 2.23. The Labute approximate surface area is 154 Å². The molecule has 1 N–H and O–H groups in total. The molecule has 0 bridgehead atoms. The summed E-state index contributed by atoms with van der Waals surface area (Å²) in [5, 5.41) is 16.7. The molecule has 0 spiro atoms. The molecule has 0 heterocycles. The van der Waals surface area contributed by atoms with Crippen LogP contribution in [0.4, 0.5) is 0 Å². The van der Waals surface area contributed by atoms with Crippen molar-refractivity contribution in [2.75, 3.05) is 6.54 Å². The number of hydrogen-bond acceptors (Lipinski definition) is 4. The van der Waals surface area contributed by atoms with E-state index in [2.05, 4.69) is 17.7 Å². The number of unbranched alkanes of at least 4 members (excludes halogenated alkanes) is 11. The highest BCUT2D eigenvalue weighted by Crippen LogP contribution is 2.12. The molecule has 0 rings (SSSR count). The van der Waals surface area contributed by atoms with Crippen LogP contribution in [-0.2, 0) is 10.0 Å². The van der Waals surface area contributed by atoms with Gasteiger partial charge in [0.25, 0.3) is 0 Å². The van der Waals surface area contributed by atoms with Gasteiger partial charge in [0.05, 0.1) is 12.1 Å². The molecule has 1 atom stereocenters. The average molecular weight is 370 g/mol.